The third-order valence-electron chi connectivity index (χ3n) is 3.29. The highest BCUT2D eigenvalue weighted by Gasteiger charge is 2.21. The second kappa shape index (κ2) is 7.63. The molecule has 0 amide bonds. The highest BCUT2D eigenvalue weighted by molar-refractivity contribution is 9.11. The first-order chi connectivity index (χ1) is 8.81. The number of nitrogens with one attached hydrogen (secondary N) is 1. The van der Waals surface area contributed by atoms with Crippen LogP contribution < -0.4 is 5.32 Å². The van der Waals surface area contributed by atoms with Gasteiger partial charge in [-0.15, -0.1) is 11.3 Å². The van der Waals surface area contributed by atoms with Gasteiger partial charge in [0.1, 0.15) is 0 Å². The number of halogens is 1. The standard InChI is InChI=1S/C14H22BrNOS/c1-2-8-17-9-4-7-16-12-5-3-6-13-11(12)10-14(15)18-13/h10,12,16H,2-9H2,1H3. The van der Waals surface area contributed by atoms with Crippen molar-refractivity contribution in [1.29, 1.82) is 0 Å². The molecule has 0 aliphatic heterocycles. The van der Waals surface area contributed by atoms with Gasteiger partial charge in [0, 0.05) is 24.1 Å². The number of aryl methyl sites for hydroxylation is 1. The van der Waals surface area contributed by atoms with Gasteiger partial charge in [0.15, 0.2) is 0 Å². The summed E-state index contributed by atoms with van der Waals surface area (Å²) in [5.41, 5.74) is 1.52. The van der Waals surface area contributed by atoms with Crippen molar-refractivity contribution in [2.75, 3.05) is 19.8 Å². The van der Waals surface area contributed by atoms with E-state index in [9.17, 15) is 0 Å². The molecule has 0 bridgehead atoms. The van der Waals surface area contributed by atoms with E-state index < -0.39 is 0 Å². The topological polar surface area (TPSA) is 21.3 Å². The van der Waals surface area contributed by atoms with Crippen molar-refractivity contribution >= 4 is 27.3 Å². The van der Waals surface area contributed by atoms with Crippen LogP contribution in [0.3, 0.4) is 0 Å². The second-order valence-corrected chi connectivity index (χ2v) is 7.31. The Morgan fingerprint density at radius 3 is 3.22 bits per heavy atom. The van der Waals surface area contributed by atoms with Gasteiger partial charge >= 0.3 is 0 Å². The lowest BCUT2D eigenvalue weighted by Crippen LogP contribution is -2.25. The second-order valence-electron chi connectivity index (χ2n) is 4.79. The lowest BCUT2D eigenvalue weighted by Gasteiger charge is -2.23. The van der Waals surface area contributed by atoms with Crippen molar-refractivity contribution < 1.29 is 4.74 Å². The van der Waals surface area contributed by atoms with Crippen LogP contribution in [0, 0.1) is 0 Å². The summed E-state index contributed by atoms with van der Waals surface area (Å²) in [6, 6.07) is 2.85. The maximum Gasteiger partial charge on any atom is 0.0704 e. The molecule has 0 spiro atoms. The summed E-state index contributed by atoms with van der Waals surface area (Å²) in [5.74, 6) is 0. The molecule has 0 saturated heterocycles. The Morgan fingerprint density at radius 1 is 1.50 bits per heavy atom. The molecule has 18 heavy (non-hydrogen) atoms. The number of fused-ring (bicyclic) bond motifs is 1. The molecule has 1 heterocycles. The minimum Gasteiger partial charge on any atom is -0.381 e. The predicted molar refractivity (Wildman–Crippen MR) is 81.4 cm³/mol. The average Bonchev–Trinajstić information content (AvgIpc) is 2.74. The fraction of sp³-hybridized carbons (Fsp3) is 0.714. The Kier molecular flexibility index (Phi) is 6.15. The van der Waals surface area contributed by atoms with Gasteiger partial charge in [-0.25, -0.2) is 0 Å². The summed E-state index contributed by atoms with van der Waals surface area (Å²) in [7, 11) is 0. The molecule has 0 fully saturated rings. The van der Waals surface area contributed by atoms with Crippen LogP contribution in [0.15, 0.2) is 9.85 Å². The number of hydrogen-bond donors (Lipinski definition) is 1. The van der Waals surface area contributed by atoms with Crippen molar-refractivity contribution in [1.82, 2.24) is 5.32 Å². The Balaban J connectivity index is 1.74. The summed E-state index contributed by atoms with van der Waals surface area (Å²) in [6.07, 6.45) is 6.05. The molecule has 0 saturated carbocycles. The maximum absolute atomic E-state index is 5.50. The molecule has 2 nitrogen and oxygen atoms in total. The third kappa shape index (κ3) is 4.05. The van der Waals surface area contributed by atoms with Gasteiger partial charge in [0.05, 0.1) is 3.79 Å². The van der Waals surface area contributed by atoms with Crippen LogP contribution in [-0.4, -0.2) is 19.8 Å². The van der Waals surface area contributed by atoms with Gasteiger partial charge in [-0.2, -0.15) is 0 Å². The van der Waals surface area contributed by atoms with Crippen LogP contribution >= 0.6 is 27.3 Å². The number of ether oxygens (including phenoxy) is 1. The fourth-order valence-electron chi connectivity index (χ4n) is 2.43. The third-order valence-corrected chi connectivity index (χ3v) is 5.00. The summed E-state index contributed by atoms with van der Waals surface area (Å²) < 4.78 is 6.77. The fourth-order valence-corrected chi connectivity index (χ4v) is 4.25. The molecule has 1 aliphatic carbocycles. The monoisotopic (exact) mass is 331 g/mol. The predicted octanol–water partition coefficient (Wildman–Crippen LogP) is 4.29. The summed E-state index contributed by atoms with van der Waals surface area (Å²) in [5, 5.41) is 3.67. The first-order valence-electron chi connectivity index (χ1n) is 6.90. The molecule has 1 N–H and O–H groups in total. The van der Waals surface area contributed by atoms with Crippen LogP contribution in [0.5, 0.6) is 0 Å². The molecule has 1 aromatic heterocycles. The van der Waals surface area contributed by atoms with Crippen LogP contribution in [0.1, 0.15) is 49.1 Å². The molecule has 0 aromatic carbocycles. The maximum atomic E-state index is 5.50. The summed E-state index contributed by atoms with van der Waals surface area (Å²) in [6.45, 7) is 4.98. The zero-order valence-electron chi connectivity index (χ0n) is 11.0. The van der Waals surface area contributed by atoms with Crippen molar-refractivity contribution in [3.63, 3.8) is 0 Å². The Bertz CT molecular complexity index is 367. The minimum absolute atomic E-state index is 0.558. The van der Waals surface area contributed by atoms with E-state index in [0.29, 0.717) is 6.04 Å². The smallest absolute Gasteiger partial charge is 0.0704 e. The normalized spacial score (nSPS) is 18.9. The molecule has 2 rings (SSSR count). The average molecular weight is 332 g/mol. The molecule has 0 radical (unpaired) electrons. The lowest BCUT2D eigenvalue weighted by atomic mass is 9.94. The van der Waals surface area contributed by atoms with Crippen LogP contribution in [0.4, 0.5) is 0 Å². The summed E-state index contributed by atoms with van der Waals surface area (Å²) in [4.78, 5) is 1.56. The van der Waals surface area contributed by atoms with Gasteiger partial charge in [-0.1, -0.05) is 6.92 Å². The lowest BCUT2D eigenvalue weighted by molar-refractivity contribution is 0.131. The van der Waals surface area contributed by atoms with Gasteiger partial charge in [0.25, 0.3) is 0 Å². The minimum atomic E-state index is 0.558. The van der Waals surface area contributed by atoms with Crippen LogP contribution in [0.25, 0.3) is 0 Å². The Hall–Kier alpha value is 0.100. The highest BCUT2D eigenvalue weighted by Crippen LogP contribution is 2.37. The molecule has 1 atom stereocenters. The molecule has 1 aromatic rings. The van der Waals surface area contributed by atoms with E-state index >= 15 is 0 Å². The van der Waals surface area contributed by atoms with E-state index in [-0.39, 0.29) is 0 Å². The zero-order chi connectivity index (χ0) is 12.8. The van der Waals surface area contributed by atoms with Gasteiger partial charge in [-0.3, -0.25) is 0 Å². The van der Waals surface area contributed by atoms with Crippen molar-refractivity contribution in [3.8, 4) is 0 Å². The molecule has 102 valence electrons. The SMILES string of the molecule is CCCOCCCNC1CCCc2sc(Br)cc21. The van der Waals surface area contributed by atoms with E-state index in [2.05, 4.69) is 34.2 Å². The molecule has 1 unspecified atom stereocenters. The van der Waals surface area contributed by atoms with Gasteiger partial charge in [-0.05, 0) is 66.2 Å². The van der Waals surface area contributed by atoms with E-state index in [1.165, 1.54) is 28.6 Å². The largest absolute Gasteiger partial charge is 0.381 e. The zero-order valence-corrected chi connectivity index (χ0v) is 13.4. The van der Waals surface area contributed by atoms with E-state index in [0.717, 1.165) is 32.6 Å². The highest BCUT2D eigenvalue weighted by atomic mass is 79.9. The Morgan fingerprint density at radius 2 is 2.39 bits per heavy atom. The summed E-state index contributed by atoms with van der Waals surface area (Å²) >= 11 is 5.50. The van der Waals surface area contributed by atoms with Crippen molar-refractivity contribution in [2.45, 2.75) is 45.1 Å². The quantitative estimate of drug-likeness (QED) is 0.752. The number of thiophene rings is 1. The molecular weight excluding hydrogens is 310 g/mol. The number of rotatable bonds is 7. The van der Waals surface area contributed by atoms with Gasteiger partial charge in [0.2, 0.25) is 0 Å². The van der Waals surface area contributed by atoms with E-state index in [1.54, 1.807) is 4.88 Å². The van der Waals surface area contributed by atoms with Crippen molar-refractivity contribution in [2.24, 2.45) is 0 Å². The van der Waals surface area contributed by atoms with Crippen molar-refractivity contribution in [3.05, 3.63) is 20.3 Å². The molecule has 1 aliphatic rings. The van der Waals surface area contributed by atoms with E-state index in [4.69, 9.17) is 4.74 Å². The van der Waals surface area contributed by atoms with Crippen LogP contribution in [0.2, 0.25) is 0 Å². The number of hydrogen-bond acceptors (Lipinski definition) is 3. The molecular formula is C14H22BrNOS. The Labute approximate surface area is 122 Å². The first kappa shape index (κ1) is 14.5. The molecule has 4 heteroatoms. The van der Waals surface area contributed by atoms with Gasteiger partial charge < -0.3 is 10.1 Å². The van der Waals surface area contributed by atoms with Crippen LogP contribution in [-0.2, 0) is 11.2 Å². The first-order valence-corrected chi connectivity index (χ1v) is 8.51. The van der Waals surface area contributed by atoms with E-state index in [1.807, 2.05) is 11.3 Å².